The zero-order chi connectivity index (χ0) is 26.3. The molecule has 0 fully saturated rings. The van der Waals surface area contributed by atoms with E-state index in [2.05, 4.69) is 41.7 Å². The predicted octanol–water partition coefficient (Wildman–Crippen LogP) is 4.25. The molecule has 0 spiro atoms. The minimum atomic E-state index is -4.20. The average Bonchev–Trinajstić information content (AvgIpc) is 3.37. The van der Waals surface area contributed by atoms with Crippen molar-refractivity contribution in [3.05, 3.63) is 59.2 Å². The van der Waals surface area contributed by atoms with Crippen molar-refractivity contribution in [1.82, 2.24) is 4.72 Å². The summed E-state index contributed by atoms with van der Waals surface area (Å²) in [7, 11) is -4.20. The summed E-state index contributed by atoms with van der Waals surface area (Å²) in [5, 5.41) is 30.0. The molecule has 0 aliphatic rings. The summed E-state index contributed by atoms with van der Waals surface area (Å²) in [6.45, 7) is 6.86. The maximum absolute atomic E-state index is 12.5. The highest BCUT2D eigenvalue weighted by Gasteiger charge is 2.23. The fourth-order valence-electron chi connectivity index (χ4n) is 3.99. The van der Waals surface area contributed by atoms with Gasteiger partial charge in [-0.25, -0.2) is 13.1 Å². The number of rotatable bonds is 12. The highest BCUT2D eigenvalue weighted by Crippen LogP contribution is 2.31. The zero-order valence-electron chi connectivity index (χ0n) is 20.9. The number of benzene rings is 2. The van der Waals surface area contributed by atoms with Crippen molar-refractivity contribution >= 4 is 32.1 Å². The smallest absolute Gasteiger partial charge is 0.251 e. The molecule has 3 aromatic rings. The minimum absolute atomic E-state index is 0.145. The number of aliphatic hydroxyl groups is 2. The molecule has 0 radical (unpaired) electrons. The van der Waals surface area contributed by atoms with Gasteiger partial charge in [0.1, 0.15) is 17.6 Å². The molecule has 9 heteroatoms. The van der Waals surface area contributed by atoms with Crippen LogP contribution in [-0.2, 0) is 10.0 Å². The van der Waals surface area contributed by atoms with E-state index < -0.39 is 34.2 Å². The molecular formula is C27H33N3O5S. The minimum Gasteiger partial charge on any atom is -0.456 e. The van der Waals surface area contributed by atoms with Crippen LogP contribution < -0.4 is 9.62 Å². The van der Waals surface area contributed by atoms with Gasteiger partial charge in [0, 0.05) is 36.5 Å². The molecule has 2 aromatic carbocycles. The molecule has 3 rings (SSSR count). The number of hydrogen-bond donors (Lipinski definition) is 3. The first-order valence-corrected chi connectivity index (χ1v) is 13.5. The van der Waals surface area contributed by atoms with Crippen molar-refractivity contribution in [2.24, 2.45) is 0 Å². The molecule has 1 aromatic heterocycles. The Hall–Kier alpha value is -3.16. The number of allylic oxidation sites excluding steroid dienone is 2. The molecular weight excluding hydrogens is 478 g/mol. The Bertz CT molecular complexity index is 1370. The first kappa shape index (κ1) is 27.4. The number of furan rings is 1. The molecule has 0 bridgehead atoms. The van der Waals surface area contributed by atoms with Crippen molar-refractivity contribution < 1.29 is 23.0 Å². The van der Waals surface area contributed by atoms with Crippen molar-refractivity contribution in [2.75, 3.05) is 31.1 Å². The molecule has 0 saturated heterocycles. The Kier molecular flexibility index (Phi) is 9.29. The van der Waals surface area contributed by atoms with Gasteiger partial charge in [-0.2, -0.15) is 5.26 Å². The van der Waals surface area contributed by atoms with Gasteiger partial charge in [0.25, 0.3) is 10.0 Å². The third-order valence-electron chi connectivity index (χ3n) is 5.87. The van der Waals surface area contributed by atoms with E-state index in [1.807, 2.05) is 18.2 Å². The normalized spacial score (nSPS) is 13.3. The number of aliphatic hydroxyl groups excluding tert-OH is 2. The highest BCUT2D eigenvalue weighted by atomic mass is 32.2. The van der Waals surface area contributed by atoms with Crippen LogP contribution in [0.4, 0.5) is 5.69 Å². The van der Waals surface area contributed by atoms with Gasteiger partial charge >= 0.3 is 0 Å². The number of nitrogens with zero attached hydrogens (tertiary/aromatic N) is 2. The summed E-state index contributed by atoms with van der Waals surface area (Å²) in [4.78, 5) is 1.88. The lowest BCUT2D eigenvalue weighted by Gasteiger charge is -2.24. The zero-order valence-corrected chi connectivity index (χ0v) is 21.7. The molecule has 0 aliphatic carbocycles. The van der Waals surface area contributed by atoms with Gasteiger partial charge in [0.15, 0.2) is 4.91 Å². The molecule has 1 heterocycles. The van der Waals surface area contributed by atoms with Gasteiger partial charge in [-0.1, -0.05) is 32.0 Å². The number of anilines is 1. The lowest BCUT2D eigenvalue weighted by molar-refractivity contribution is 0.0989. The Morgan fingerprint density at radius 3 is 2.39 bits per heavy atom. The Balaban J connectivity index is 1.89. The van der Waals surface area contributed by atoms with Gasteiger partial charge in [-0.05, 0) is 60.9 Å². The summed E-state index contributed by atoms with van der Waals surface area (Å²) in [5.74, 6) is 0.798. The van der Waals surface area contributed by atoms with Crippen LogP contribution in [0, 0.1) is 11.3 Å². The summed E-state index contributed by atoms with van der Waals surface area (Å²) >= 11 is 0. The molecule has 0 aliphatic heterocycles. The predicted molar refractivity (Wildman–Crippen MR) is 143 cm³/mol. The standard InChI is InChI=1S/C27H33N3O5S/c1-4-12-30(13-5-2)23-9-8-20-14-22(7-6-21(20)15-23)26-11-10-25(35-26)19(3)27(16-28)36(33,34)29-17-24(32)18-31/h6-11,14-15,24,29,31-32H,4-5,12-13,17-18H2,1-3H3. The van der Waals surface area contributed by atoms with Gasteiger partial charge in [0.2, 0.25) is 0 Å². The van der Waals surface area contributed by atoms with E-state index in [-0.39, 0.29) is 11.3 Å². The van der Waals surface area contributed by atoms with Crippen LogP contribution in [-0.4, -0.2) is 51.0 Å². The Labute approximate surface area is 212 Å². The van der Waals surface area contributed by atoms with E-state index in [0.29, 0.717) is 5.76 Å². The van der Waals surface area contributed by atoms with Crippen molar-refractivity contribution in [3.63, 3.8) is 0 Å². The molecule has 1 atom stereocenters. The van der Waals surface area contributed by atoms with Gasteiger partial charge in [-0.3, -0.25) is 0 Å². The maximum Gasteiger partial charge on any atom is 0.251 e. The summed E-state index contributed by atoms with van der Waals surface area (Å²) in [6, 6.07) is 17.5. The summed E-state index contributed by atoms with van der Waals surface area (Å²) in [6.07, 6.45) is 0.906. The molecule has 1 unspecified atom stereocenters. The maximum atomic E-state index is 12.5. The molecule has 0 amide bonds. The SMILES string of the molecule is CCCN(CCC)c1ccc2cc(-c3ccc(C(C)=C(C#N)S(=O)(=O)NCC(O)CO)o3)ccc2c1. The fraction of sp³-hybridized carbons (Fsp3) is 0.370. The second-order valence-electron chi connectivity index (χ2n) is 8.65. The third-order valence-corrected chi connectivity index (χ3v) is 7.35. The third kappa shape index (κ3) is 6.33. The topological polar surface area (TPSA) is 127 Å². The van der Waals surface area contributed by atoms with Crippen LogP contribution in [0.1, 0.15) is 39.4 Å². The molecule has 0 saturated carbocycles. The van der Waals surface area contributed by atoms with Crippen molar-refractivity contribution in [2.45, 2.75) is 39.7 Å². The second-order valence-corrected chi connectivity index (χ2v) is 10.4. The average molecular weight is 512 g/mol. The van der Waals surface area contributed by atoms with Crippen LogP contribution in [0.3, 0.4) is 0 Å². The number of sulfonamides is 1. The van der Waals surface area contributed by atoms with E-state index in [4.69, 9.17) is 9.52 Å². The summed E-state index contributed by atoms with van der Waals surface area (Å²) in [5.41, 5.74) is 2.18. The van der Waals surface area contributed by atoms with Crippen LogP contribution in [0.2, 0.25) is 0 Å². The van der Waals surface area contributed by atoms with Crippen LogP contribution >= 0.6 is 0 Å². The van der Waals surface area contributed by atoms with E-state index in [1.54, 1.807) is 18.2 Å². The Morgan fingerprint density at radius 2 is 1.75 bits per heavy atom. The summed E-state index contributed by atoms with van der Waals surface area (Å²) < 4.78 is 33.2. The molecule has 8 nitrogen and oxygen atoms in total. The van der Waals surface area contributed by atoms with E-state index in [1.165, 1.54) is 12.6 Å². The number of nitrogens with one attached hydrogen (secondary N) is 1. The number of fused-ring (bicyclic) bond motifs is 1. The lowest BCUT2D eigenvalue weighted by atomic mass is 10.0. The van der Waals surface area contributed by atoms with E-state index in [9.17, 15) is 18.8 Å². The van der Waals surface area contributed by atoms with Gasteiger partial charge in [0.05, 0.1) is 12.7 Å². The van der Waals surface area contributed by atoms with Crippen LogP contribution in [0.25, 0.3) is 27.7 Å². The van der Waals surface area contributed by atoms with Gasteiger partial charge < -0.3 is 19.5 Å². The van der Waals surface area contributed by atoms with Crippen LogP contribution in [0.15, 0.2) is 57.9 Å². The van der Waals surface area contributed by atoms with Crippen molar-refractivity contribution in [1.29, 1.82) is 5.26 Å². The Morgan fingerprint density at radius 1 is 1.08 bits per heavy atom. The quantitative estimate of drug-likeness (QED) is 0.310. The first-order valence-electron chi connectivity index (χ1n) is 12.0. The van der Waals surface area contributed by atoms with Crippen molar-refractivity contribution in [3.8, 4) is 17.4 Å². The molecule has 3 N–H and O–H groups in total. The second kappa shape index (κ2) is 12.2. The molecule has 192 valence electrons. The van der Waals surface area contributed by atoms with Crippen LogP contribution in [0.5, 0.6) is 0 Å². The number of nitriles is 1. The largest absolute Gasteiger partial charge is 0.456 e. The number of hydrogen-bond acceptors (Lipinski definition) is 7. The fourth-order valence-corrected chi connectivity index (χ4v) is 5.17. The monoisotopic (exact) mass is 511 g/mol. The lowest BCUT2D eigenvalue weighted by Crippen LogP contribution is -2.34. The van der Waals surface area contributed by atoms with E-state index in [0.717, 1.165) is 42.3 Å². The highest BCUT2D eigenvalue weighted by molar-refractivity contribution is 7.93. The molecule has 36 heavy (non-hydrogen) atoms. The first-order chi connectivity index (χ1) is 17.2. The van der Waals surface area contributed by atoms with Gasteiger partial charge in [-0.15, -0.1) is 0 Å². The van der Waals surface area contributed by atoms with E-state index >= 15 is 0 Å².